The maximum atomic E-state index is 14.2. The molecule has 3 rings (SSSR count). The van der Waals surface area contributed by atoms with Gasteiger partial charge in [-0.15, -0.1) is 0 Å². The van der Waals surface area contributed by atoms with Crippen molar-refractivity contribution >= 4 is 39.1 Å². The lowest BCUT2D eigenvalue weighted by Crippen LogP contribution is -2.54. The van der Waals surface area contributed by atoms with Crippen LogP contribution >= 0.6 is 11.6 Å². The summed E-state index contributed by atoms with van der Waals surface area (Å²) in [4.78, 5) is 29.4. The van der Waals surface area contributed by atoms with Gasteiger partial charge in [0.05, 0.1) is 19.1 Å². The van der Waals surface area contributed by atoms with Crippen LogP contribution in [-0.4, -0.2) is 57.1 Å². The molecule has 41 heavy (non-hydrogen) atoms. The van der Waals surface area contributed by atoms with E-state index >= 15 is 0 Å². The molecule has 2 atom stereocenters. The molecule has 10 heteroatoms. The average Bonchev–Trinajstić information content (AvgIpc) is 2.93. The van der Waals surface area contributed by atoms with E-state index in [-0.39, 0.29) is 41.4 Å². The van der Waals surface area contributed by atoms with Gasteiger partial charge in [-0.1, -0.05) is 78.7 Å². The van der Waals surface area contributed by atoms with Crippen LogP contribution in [0, 0.1) is 6.92 Å². The van der Waals surface area contributed by atoms with Gasteiger partial charge in [0, 0.05) is 24.0 Å². The third kappa shape index (κ3) is 8.96. The standard InChI is InChI=1S/C31H38ClN3O5S/c1-6-23(3)33-31(37)28(18-24-12-8-7-9-13-24)34(20-25-14-10-11-22(2)17-25)30(36)21-35(41(5,38)39)27-19-26(32)15-16-29(27)40-4/h7-17,19,23,28H,6,18,20-21H2,1-5H3,(H,33,37). The highest BCUT2D eigenvalue weighted by molar-refractivity contribution is 7.92. The minimum Gasteiger partial charge on any atom is -0.495 e. The van der Waals surface area contributed by atoms with Gasteiger partial charge in [-0.3, -0.25) is 13.9 Å². The summed E-state index contributed by atoms with van der Waals surface area (Å²) in [6.07, 6.45) is 1.98. The average molecular weight is 600 g/mol. The molecule has 0 radical (unpaired) electrons. The van der Waals surface area contributed by atoms with Crippen molar-refractivity contribution in [2.75, 3.05) is 24.2 Å². The monoisotopic (exact) mass is 599 g/mol. The Morgan fingerprint density at radius 3 is 2.29 bits per heavy atom. The summed E-state index contributed by atoms with van der Waals surface area (Å²) in [5.41, 5.74) is 2.82. The number of anilines is 1. The van der Waals surface area contributed by atoms with Crippen LogP contribution < -0.4 is 14.4 Å². The van der Waals surface area contributed by atoms with Crippen molar-refractivity contribution in [2.45, 2.75) is 52.2 Å². The van der Waals surface area contributed by atoms with Gasteiger partial charge in [-0.05, 0) is 49.6 Å². The van der Waals surface area contributed by atoms with Gasteiger partial charge in [0.2, 0.25) is 21.8 Å². The minimum atomic E-state index is -3.96. The summed E-state index contributed by atoms with van der Waals surface area (Å²) in [6, 6.07) is 20.7. The second-order valence-corrected chi connectivity index (χ2v) is 12.5. The van der Waals surface area contributed by atoms with E-state index in [0.29, 0.717) is 6.42 Å². The minimum absolute atomic E-state index is 0.107. The Hall–Kier alpha value is -3.56. The van der Waals surface area contributed by atoms with E-state index in [0.717, 1.165) is 27.3 Å². The Morgan fingerprint density at radius 1 is 1.00 bits per heavy atom. The number of benzene rings is 3. The largest absolute Gasteiger partial charge is 0.495 e. The van der Waals surface area contributed by atoms with Crippen LogP contribution in [0.25, 0.3) is 0 Å². The fourth-order valence-electron chi connectivity index (χ4n) is 4.46. The lowest BCUT2D eigenvalue weighted by atomic mass is 10.0. The van der Waals surface area contributed by atoms with Crippen LogP contribution in [0.3, 0.4) is 0 Å². The van der Waals surface area contributed by atoms with E-state index in [1.807, 2.05) is 75.4 Å². The quantitative estimate of drug-likeness (QED) is 0.299. The first kappa shape index (κ1) is 32.0. The second-order valence-electron chi connectivity index (χ2n) is 10.1. The van der Waals surface area contributed by atoms with E-state index < -0.39 is 28.5 Å². The molecule has 1 N–H and O–H groups in total. The SMILES string of the molecule is CCC(C)NC(=O)C(Cc1ccccc1)N(Cc1cccc(C)c1)C(=O)CN(c1cc(Cl)ccc1OC)S(C)(=O)=O. The Labute approximate surface area is 248 Å². The van der Waals surface area contributed by atoms with E-state index in [2.05, 4.69) is 5.32 Å². The van der Waals surface area contributed by atoms with Crippen molar-refractivity contribution in [2.24, 2.45) is 0 Å². The van der Waals surface area contributed by atoms with Gasteiger partial charge in [0.1, 0.15) is 18.3 Å². The second kappa shape index (κ2) is 14.4. The normalized spacial score (nSPS) is 12.7. The van der Waals surface area contributed by atoms with Crippen LogP contribution in [0.15, 0.2) is 72.8 Å². The van der Waals surface area contributed by atoms with Crippen LogP contribution in [0.4, 0.5) is 5.69 Å². The number of halogens is 1. The number of nitrogens with zero attached hydrogens (tertiary/aromatic N) is 2. The first-order chi connectivity index (χ1) is 19.4. The first-order valence-electron chi connectivity index (χ1n) is 13.4. The van der Waals surface area contributed by atoms with Gasteiger partial charge < -0.3 is 15.0 Å². The summed E-state index contributed by atoms with van der Waals surface area (Å²) in [7, 11) is -2.55. The molecule has 0 heterocycles. The number of rotatable bonds is 13. The first-order valence-corrected chi connectivity index (χ1v) is 15.7. The van der Waals surface area contributed by atoms with Gasteiger partial charge in [0.25, 0.3) is 0 Å². The highest BCUT2D eigenvalue weighted by Crippen LogP contribution is 2.33. The molecule has 3 aromatic carbocycles. The van der Waals surface area contributed by atoms with Crippen LogP contribution in [0.1, 0.15) is 37.0 Å². The molecule has 220 valence electrons. The molecule has 0 fully saturated rings. The molecule has 0 aromatic heterocycles. The third-order valence-electron chi connectivity index (χ3n) is 6.80. The summed E-state index contributed by atoms with van der Waals surface area (Å²) < 4.78 is 32.4. The molecule has 0 saturated heterocycles. The molecule has 2 unspecified atom stereocenters. The Balaban J connectivity index is 2.10. The molecule has 2 amide bonds. The predicted octanol–water partition coefficient (Wildman–Crippen LogP) is 4.98. The number of ether oxygens (including phenoxy) is 1. The molecule has 0 spiro atoms. The topological polar surface area (TPSA) is 96.0 Å². The van der Waals surface area contributed by atoms with Crippen molar-refractivity contribution in [1.29, 1.82) is 0 Å². The lowest BCUT2D eigenvalue weighted by Gasteiger charge is -2.34. The Morgan fingerprint density at radius 2 is 1.68 bits per heavy atom. The summed E-state index contributed by atoms with van der Waals surface area (Å²) in [6.45, 7) is 5.37. The summed E-state index contributed by atoms with van der Waals surface area (Å²) in [5, 5.41) is 3.31. The zero-order chi connectivity index (χ0) is 30.2. The molecular weight excluding hydrogens is 562 g/mol. The smallest absolute Gasteiger partial charge is 0.244 e. The summed E-state index contributed by atoms with van der Waals surface area (Å²) >= 11 is 6.21. The third-order valence-corrected chi connectivity index (χ3v) is 8.16. The predicted molar refractivity (Wildman–Crippen MR) is 164 cm³/mol. The fraction of sp³-hybridized carbons (Fsp3) is 0.355. The number of nitrogens with one attached hydrogen (secondary N) is 1. The number of carbonyl (C=O) groups is 2. The van der Waals surface area contributed by atoms with Crippen LogP contribution in [-0.2, 0) is 32.6 Å². The molecule has 3 aromatic rings. The molecule has 0 aliphatic rings. The van der Waals surface area contributed by atoms with Crippen molar-refractivity contribution in [3.05, 3.63) is 94.5 Å². The number of amides is 2. The number of methoxy groups -OCH3 is 1. The number of aryl methyl sites for hydroxylation is 1. The number of hydrogen-bond donors (Lipinski definition) is 1. The molecular formula is C31H38ClN3O5S. The summed E-state index contributed by atoms with van der Waals surface area (Å²) in [5.74, 6) is -0.608. The van der Waals surface area contributed by atoms with E-state index in [1.165, 1.54) is 18.1 Å². The molecule has 8 nitrogen and oxygen atoms in total. The van der Waals surface area contributed by atoms with Gasteiger partial charge in [-0.2, -0.15) is 0 Å². The maximum absolute atomic E-state index is 14.2. The van der Waals surface area contributed by atoms with Crippen molar-refractivity contribution in [1.82, 2.24) is 10.2 Å². The molecule has 0 aliphatic carbocycles. The maximum Gasteiger partial charge on any atom is 0.244 e. The Bertz CT molecular complexity index is 1450. The molecule has 0 aliphatic heterocycles. The number of hydrogen-bond acceptors (Lipinski definition) is 5. The van der Waals surface area contributed by atoms with E-state index in [4.69, 9.17) is 16.3 Å². The zero-order valence-corrected chi connectivity index (χ0v) is 25.7. The van der Waals surface area contributed by atoms with E-state index in [9.17, 15) is 18.0 Å². The highest BCUT2D eigenvalue weighted by atomic mass is 35.5. The van der Waals surface area contributed by atoms with Crippen LogP contribution in [0.2, 0.25) is 5.02 Å². The van der Waals surface area contributed by atoms with Crippen molar-refractivity contribution in [3.8, 4) is 5.75 Å². The van der Waals surface area contributed by atoms with Gasteiger partial charge in [-0.25, -0.2) is 8.42 Å². The van der Waals surface area contributed by atoms with E-state index in [1.54, 1.807) is 12.1 Å². The number of sulfonamides is 1. The highest BCUT2D eigenvalue weighted by Gasteiger charge is 2.34. The molecule has 0 bridgehead atoms. The number of carbonyl (C=O) groups excluding carboxylic acids is 2. The zero-order valence-electron chi connectivity index (χ0n) is 24.1. The van der Waals surface area contributed by atoms with Gasteiger partial charge >= 0.3 is 0 Å². The van der Waals surface area contributed by atoms with Gasteiger partial charge in [0.15, 0.2) is 0 Å². The fourth-order valence-corrected chi connectivity index (χ4v) is 5.47. The van der Waals surface area contributed by atoms with Crippen LogP contribution in [0.5, 0.6) is 5.75 Å². The molecule has 0 saturated carbocycles. The Kier molecular flexibility index (Phi) is 11.2. The lowest BCUT2D eigenvalue weighted by molar-refractivity contribution is -0.140. The van der Waals surface area contributed by atoms with Crippen molar-refractivity contribution in [3.63, 3.8) is 0 Å². The van der Waals surface area contributed by atoms with Crippen molar-refractivity contribution < 1.29 is 22.7 Å².